The van der Waals surface area contributed by atoms with Crippen molar-refractivity contribution >= 4 is 23.4 Å². The number of benzene rings is 1. The van der Waals surface area contributed by atoms with Gasteiger partial charge in [0.25, 0.3) is 5.56 Å². The Morgan fingerprint density at radius 2 is 2.12 bits per heavy atom. The highest BCUT2D eigenvalue weighted by Crippen LogP contribution is 2.39. The predicted molar refractivity (Wildman–Crippen MR) is 98.7 cm³/mol. The quantitative estimate of drug-likeness (QED) is 0.605. The van der Waals surface area contributed by atoms with Gasteiger partial charge >= 0.3 is 0 Å². The van der Waals surface area contributed by atoms with Crippen LogP contribution >= 0.6 is 23.4 Å². The number of nitrogens with zero attached hydrogens (tertiary/aromatic N) is 2. The van der Waals surface area contributed by atoms with Gasteiger partial charge in [-0.25, -0.2) is 4.98 Å². The van der Waals surface area contributed by atoms with Crippen LogP contribution in [0.2, 0.25) is 5.02 Å². The SMILES string of the molecule is CCOc1cc(-c2nc(SC)[nH]c(=O)c2C#N)c(Cl)cc1OC(C)C. The molecule has 8 heteroatoms. The second kappa shape index (κ2) is 8.28. The Labute approximate surface area is 155 Å². The van der Waals surface area contributed by atoms with E-state index < -0.39 is 5.56 Å². The highest BCUT2D eigenvalue weighted by Gasteiger charge is 2.19. The third-order valence-electron chi connectivity index (χ3n) is 3.15. The van der Waals surface area contributed by atoms with Crippen molar-refractivity contribution in [2.45, 2.75) is 32.0 Å². The topological polar surface area (TPSA) is 88.0 Å². The lowest BCUT2D eigenvalue weighted by Crippen LogP contribution is -2.15. The number of aromatic nitrogens is 2. The number of halogens is 1. The van der Waals surface area contributed by atoms with Gasteiger partial charge in [0.2, 0.25) is 0 Å². The fourth-order valence-electron chi connectivity index (χ4n) is 2.18. The van der Waals surface area contributed by atoms with Gasteiger partial charge in [-0.05, 0) is 33.1 Å². The van der Waals surface area contributed by atoms with E-state index in [-0.39, 0.29) is 17.4 Å². The van der Waals surface area contributed by atoms with Crippen molar-refractivity contribution in [3.8, 4) is 28.8 Å². The molecule has 0 aliphatic rings. The van der Waals surface area contributed by atoms with Crippen LogP contribution in [0.3, 0.4) is 0 Å². The van der Waals surface area contributed by atoms with E-state index in [1.54, 1.807) is 18.4 Å². The summed E-state index contributed by atoms with van der Waals surface area (Å²) >= 11 is 7.66. The van der Waals surface area contributed by atoms with Crippen LogP contribution in [-0.4, -0.2) is 28.9 Å². The van der Waals surface area contributed by atoms with Crippen LogP contribution < -0.4 is 15.0 Å². The summed E-state index contributed by atoms with van der Waals surface area (Å²) in [4.78, 5) is 19.0. The van der Waals surface area contributed by atoms with E-state index in [9.17, 15) is 10.1 Å². The molecule has 1 aromatic carbocycles. The maximum Gasteiger partial charge on any atom is 0.270 e. The summed E-state index contributed by atoms with van der Waals surface area (Å²) in [7, 11) is 0. The summed E-state index contributed by atoms with van der Waals surface area (Å²) in [6.07, 6.45) is 1.72. The van der Waals surface area contributed by atoms with E-state index >= 15 is 0 Å². The third kappa shape index (κ3) is 4.27. The summed E-state index contributed by atoms with van der Waals surface area (Å²) in [5.41, 5.74) is 0.0601. The first kappa shape index (κ1) is 19.2. The van der Waals surface area contributed by atoms with E-state index in [2.05, 4.69) is 9.97 Å². The first-order chi connectivity index (χ1) is 11.9. The molecule has 2 aromatic rings. The van der Waals surface area contributed by atoms with Crippen LogP contribution in [0.25, 0.3) is 11.3 Å². The van der Waals surface area contributed by atoms with Gasteiger partial charge < -0.3 is 14.5 Å². The molecule has 0 aliphatic heterocycles. The summed E-state index contributed by atoms with van der Waals surface area (Å²) < 4.78 is 11.4. The highest BCUT2D eigenvalue weighted by atomic mass is 35.5. The van der Waals surface area contributed by atoms with Gasteiger partial charge in [-0.1, -0.05) is 23.4 Å². The van der Waals surface area contributed by atoms with Crippen molar-refractivity contribution < 1.29 is 9.47 Å². The van der Waals surface area contributed by atoms with Crippen LogP contribution in [0.1, 0.15) is 26.3 Å². The number of nitrogens with one attached hydrogen (secondary N) is 1. The van der Waals surface area contributed by atoms with E-state index in [0.29, 0.717) is 33.8 Å². The molecule has 1 aromatic heterocycles. The molecular weight excluding hydrogens is 362 g/mol. The number of ether oxygens (including phenoxy) is 2. The van der Waals surface area contributed by atoms with Crippen LogP contribution in [-0.2, 0) is 0 Å². The summed E-state index contributed by atoms with van der Waals surface area (Å²) in [6.45, 7) is 6.08. The molecule has 2 rings (SSSR count). The number of hydrogen-bond acceptors (Lipinski definition) is 6. The smallest absolute Gasteiger partial charge is 0.270 e. The normalized spacial score (nSPS) is 10.6. The zero-order valence-electron chi connectivity index (χ0n) is 14.3. The number of H-pyrrole nitrogens is 1. The largest absolute Gasteiger partial charge is 0.490 e. The van der Waals surface area contributed by atoms with Crippen molar-refractivity contribution in [3.63, 3.8) is 0 Å². The van der Waals surface area contributed by atoms with Crippen LogP contribution in [0.15, 0.2) is 22.1 Å². The Bertz CT molecular complexity index is 875. The Hall–Kier alpha value is -2.17. The summed E-state index contributed by atoms with van der Waals surface area (Å²) in [5.74, 6) is 0.978. The zero-order chi connectivity index (χ0) is 18.6. The molecule has 6 nitrogen and oxygen atoms in total. The van der Waals surface area contributed by atoms with Gasteiger partial charge in [-0.3, -0.25) is 4.79 Å². The summed E-state index contributed by atoms with van der Waals surface area (Å²) in [6, 6.07) is 5.16. The van der Waals surface area contributed by atoms with Crippen molar-refractivity contribution in [3.05, 3.63) is 33.1 Å². The van der Waals surface area contributed by atoms with Crippen LogP contribution in [0.5, 0.6) is 11.5 Å². The molecule has 1 heterocycles. The molecule has 1 N–H and O–H groups in total. The lowest BCUT2D eigenvalue weighted by molar-refractivity contribution is 0.224. The van der Waals surface area contributed by atoms with Crippen molar-refractivity contribution in [1.82, 2.24) is 9.97 Å². The molecule has 0 unspecified atom stereocenters. The molecule has 0 aliphatic carbocycles. The molecule has 0 saturated heterocycles. The minimum atomic E-state index is -0.506. The molecule has 0 amide bonds. The van der Waals surface area contributed by atoms with Gasteiger partial charge in [0.15, 0.2) is 16.7 Å². The standard InChI is InChI=1S/C17H18ClN3O3S/c1-5-23-13-6-10(12(18)7-14(13)24-9(2)3)15-11(8-19)16(22)21-17(20-15)25-4/h6-7,9H,5H2,1-4H3,(H,20,21,22). The Kier molecular flexibility index (Phi) is 6.34. The number of rotatable bonds is 6. The molecule has 0 bridgehead atoms. The minimum absolute atomic E-state index is 0.0587. The van der Waals surface area contributed by atoms with E-state index in [4.69, 9.17) is 21.1 Å². The van der Waals surface area contributed by atoms with E-state index in [0.717, 1.165) is 0 Å². The lowest BCUT2D eigenvalue weighted by atomic mass is 10.1. The molecule has 132 valence electrons. The number of aromatic amines is 1. The van der Waals surface area contributed by atoms with E-state index in [1.165, 1.54) is 11.8 Å². The molecular formula is C17H18ClN3O3S. The maximum absolute atomic E-state index is 12.1. The first-order valence-electron chi connectivity index (χ1n) is 7.63. The summed E-state index contributed by atoms with van der Waals surface area (Å²) in [5, 5.41) is 10.1. The van der Waals surface area contributed by atoms with Gasteiger partial charge in [0.05, 0.1) is 23.4 Å². The predicted octanol–water partition coefficient (Wildman–Crippen LogP) is 3.87. The van der Waals surface area contributed by atoms with Crippen molar-refractivity contribution in [1.29, 1.82) is 5.26 Å². The molecule has 0 fully saturated rings. The van der Waals surface area contributed by atoms with E-state index in [1.807, 2.05) is 26.8 Å². The average Bonchev–Trinajstić information content (AvgIpc) is 2.56. The van der Waals surface area contributed by atoms with Crippen molar-refractivity contribution in [2.24, 2.45) is 0 Å². The Morgan fingerprint density at radius 1 is 1.40 bits per heavy atom. The Balaban J connectivity index is 2.71. The molecule has 0 spiro atoms. The fraction of sp³-hybridized carbons (Fsp3) is 0.353. The molecule has 0 radical (unpaired) electrons. The number of hydrogen-bond donors (Lipinski definition) is 1. The molecule has 25 heavy (non-hydrogen) atoms. The van der Waals surface area contributed by atoms with Gasteiger partial charge in [-0.2, -0.15) is 5.26 Å². The van der Waals surface area contributed by atoms with Gasteiger partial charge in [-0.15, -0.1) is 0 Å². The molecule has 0 atom stereocenters. The lowest BCUT2D eigenvalue weighted by Gasteiger charge is -2.17. The average molecular weight is 380 g/mol. The third-order valence-corrected chi connectivity index (χ3v) is 4.05. The highest BCUT2D eigenvalue weighted by molar-refractivity contribution is 7.98. The minimum Gasteiger partial charge on any atom is -0.490 e. The maximum atomic E-state index is 12.1. The van der Waals surface area contributed by atoms with Crippen LogP contribution in [0.4, 0.5) is 0 Å². The number of thioether (sulfide) groups is 1. The van der Waals surface area contributed by atoms with Crippen molar-refractivity contribution in [2.75, 3.05) is 12.9 Å². The Morgan fingerprint density at radius 3 is 2.68 bits per heavy atom. The second-order valence-corrected chi connectivity index (χ2v) is 6.49. The van der Waals surface area contributed by atoms with Gasteiger partial charge in [0, 0.05) is 11.6 Å². The molecule has 0 saturated carbocycles. The monoisotopic (exact) mass is 379 g/mol. The number of nitriles is 1. The fourth-order valence-corrected chi connectivity index (χ4v) is 2.80. The van der Waals surface area contributed by atoms with Gasteiger partial charge in [0.1, 0.15) is 11.6 Å². The zero-order valence-corrected chi connectivity index (χ0v) is 15.9. The first-order valence-corrected chi connectivity index (χ1v) is 9.23. The second-order valence-electron chi connectivity index (χ2n) is 5.29. The van der Waals surface area contributed by atoms with Crippen LogP contribution in [0, 0.1) is 11.3 Å².